The van der Waals surface area contributed by atoms with Crippen molar-refractivity contribution in [2.45, 2.75) is 25.7 Å². The van der Waals surface area contributed by atoms with Gasteiger partial charge in [0.25, 0.3) is 0 Å². The first-order valence-corrected chi connectivity index (χ1v) is 7.02. The van der Waals surface area contributed by atoms with Gasteiger partial charge in [-0.2, -0.15) is 0 Å². The summed E-state index contributed by atoms with van der Waals surface area (Å²) in [6, 6.07) is 7.61. The van der Waals surface area contributed by atoms with Crippen molar-refractivity contribution in [1.29, 1.82) is 0 Å². The minimum absolute atomic E-state index is 0.0909. The van der Waals surface area contributed by atoms with Gasteiger partial charge in [-0.05, 0) is 48.9 Å². The van der Waals surface area contributed by atoms with E-state index in [4.69, 9.17) is 10.8 Å². The van der Waals surface area contributed by atoms with Crippen molar-refractivity contribution in [2.24, 2.45) is 0 Å². The number of aromatic nitrogens is 1. The first-order chi connectivity index (χ1) is 10.1. The van der Waals surface area contributed by atoms with Crippen LogP contribution >= 0.6 is 0 Å². The van der Waals surface area contributed by atoms with E-state index in [1.807, 2.05) is 12.1 Å². The van der Waals surface area contributed by atoms with E-state index in [0.29, 0.717) is 11.5 Å². The molecule has 0 saturated carbocycles. The average Bonchev–Trinajstić information content (AvgIpc) is 2.49. The molecule has 1 aromatic carbocycles. The summed E-state index contributed by atoms with van der Waals surface area (Å²) in [5.41, 5.74) is 10.0. The lowest BCUT2D eigenvalue weighted by Crippen LogP contribution is -2.08. The summed E-state index contributed by atoms with van der Waals surface area (Å²) in [4.78, 5) is 15.0. The largest absolute Gasteiger partial charge is 0.478 e. The van der Waals surface area contributed by atoms with Crippen LogP contribution < -0.4 is 11.1 Å². The molecule has 3 rings (SSSR count). The third-order valence-electron chi connectivity index (χ3n) is 3.81. The number of fused-ring (bicyclic) bond motifs is 1. The van der Waals surface area contributed by atoms with Gasteiger partial charge in [0.15, 0.2) is 5.82 Å². The van der Waals surface area contributed by atoms with Crippen LogP contribution in [-0.4, -0.2) is 16.1 Å². The maximum absolute atomic E-state index is 10.9. The molecule has 0 unspecified atom stereocenters. The minimum Gasteiger partial charge on any atom is -0.478 e. The second-order valence-corrected chi connectivity index (χ2v) is 5.24. The van der Waals surface area contributed by atoms with Crippen LogP contribution in [0.3, 0.4) is 0 Å². The Labute approximate surface area is 122 Å². The van der Waals surface area contributed by atoms with Gasteiger partial charge in [-0.1, -0.05) is 12.1 Å². The number of nitrogens with one attached hydrogen (secondary N) is 1. The van der Waals surface area contributed by atoms with E-state index in [-0.39, 0.29) is 5.56 Å². The Morgan fingerprint density at radius 1 is 1.29 bits per heavy atom. The second kappa shape index (κ2) is 5.44. The Bertz CT molecular complexity index is 698. The average molecular weight is 283 g/mol. The van der Waals surface area contributed by atoms with E-state index in [1.165, 1.54) is 36.2 Å². The van der Waals surface area contributed by atoms with Crippen LogP contribution in [-0.2, 0) is 12.8 Å². The first kappa shape index (κ1) is 13.4. The molecule has 0 atom stereocenters. The van der Waals surface area contributed by atoms with Crippen LogP contribution in [0.5, 0.6) is 0 Å². The maximum Gasteiger partial charge on any atom is 0.337 e. The molecule has 5 nitrogen and oxygen atoms in total. The highest BCUT2D eigenvalue weighted by Gasteiger charge is 2.14. The number of hydrogen-bond donors (Lipinski definition) is 3. The molecule has 1 heterocycles. The number of anilines is 3. The molecule has 0 aliphatic heterocycles. The van der Waals surface area contributed by atoms with Crippen LogP contribution in [0.4, 0.5) is 17.2 Å². The van der Waals surface area contributed by atoms with Gasteiger partial charge in [0, 0.05) is 11.9 Å². The summed E-state index contributed by atoms with van der Waals surface area (Å²) in [5.74, 6) is -0.531. The lowest BCUT2D eigenvalue weighted by molar-refractivity contribution is 0.0696. The fraction of sp³-hybridized carbons (Fsp3) is 0.250. The highest BCUT2D eigenvalue weighted by Crippen LogP contribution is 2.30. The molecule has 0 radical (unpaired) electrons. The molecule has 0 spiro atoms. The van der Waals surface area contributed by atoms with E-state index < -0.39 is 5.97 Å². The second-order valence-electron chi connectivity index (χ2n) is 5.24. The van der Waals surface area contributed by atoms with Crippen molar-refractivity contribution in [3.63, 3.8) is 0 Å². The SMILES string of the molecule is Nc1cc(C(=O)O)cnc1Nc1cccc2c1CCCC2. The normalized spacial score (nSPS) is 13.5. The zero-order valence-corrected chi connectivity index (χ0v) is 11.6. The molecule has 0 fully saturated rings. The minimum atomic E-state index is -1.03. The molecule has 5 heteroatoms. The highest BCUT2D eigenvalue weighted by atomic mass is 16.4. The predicted octanol–water partition coefficient (Wildman–Crippen LogP) is 2.98. The van der Waals surface area contributed by atoms with E-state index >= 15 is 0 Å². The molecule has 0 amide bonds. The molecule has 1 aliphatic rings. The number of nitrogens with two attached hydrogens (primary N) is 1. The molecule has 1 aliphatic carbocycles. The van der Waals surface area contributed by atoms with E-state index in [9.17, 15) is 4.79 Å². The van der Waals surface area contributed by atoms with Gasteiger partial charge < -0.3 is 16.2 Å². The van der Waals surface area contributed by atoms with E-state index in [2.05, 4.69) is 16.4 Å². The standard InChI is InChI=1S/C16H17N3O2/c17-13-8-11(16(20)21)9-18-15(13)19-14-7-3-5-10-4-1-2-6-12(10)14/h3,5,7-9H,1-2,4,6,17H2,(H,18,19)(H,20,21). The van der Waals surface area contributed by atoms with Gasteiger partial charge >= 0.3 is 5.97 Å². The summed E-state index contributed by atoms with van der Waals surface area (Å²) in [5, 5.41) is 12.2. The number of carboxylic acids is 1. The summed E-state index contributed by atoms with van der Waals surface area (Å²) in [6.07, 6.45) is 5.88. The summed E-state index contributed by atoms with van der Waals surface area (Å²) in [6.45, 7) is 0. The fourth-order valence-electron chi connectivity index (χ4n) is 2.73. The number of hydrogen-bond acceptors (Lipinski definition) is 4. The number of aryl methyl sites for hydroxylation is 1. The first-order valence-electron chi connectivity index (χ1n) is 7.02. The Morgan fingerprint density at radius 3 is 2.86 bits per heavy atom. The molecule has 2 aromatic rings. The predicted molar refractivity (Wildman–Crippen MR) is 82.0 cm³/mol. The smallest absolute Gasteiger partial charge is 0.337 e. The number of nitrogen functional groups attached to an aromatic ring is 1. The molecule has 1 aromatic heterocycles. The summed E-state index contributed by atoms with van der Waals surface area (Å²) >= 11 is 0. The molecule has 0 bridgehead atoms. The Kier molecular flexibility index (Phi) is 3.48. The van der Waals surface area contributed by atoms with Crippen molar-refractivity contribution in [3.05, 3.63) is 47.2 Å². The van der Waals surface area contributed by atoms with Crippen LogP contribution in [0.15, 0.2) is 30.5 Å². The number of benzene rings is 1. The van der Waals surface area contributed by atoms with Crippen molar-refractivity contribution in [1.82, 2.24) is 4.98 Å². The number of nitrogens with zero attached hydrogens (tertiary/aromatic N) is 1. The van der Waals surface area contributed by atoms with Crippen molar-refractivity contribution in [2.75, 3.05) is 11.1 Å². The number of aromatic carboxylic acids is 1. The molecule has 4 N–H and O–H groups in total. The van der Waals surface area contributed by atoms with Crippen LogP contribution in [0.1, 0.15) is 34.3 Å². The molecular formula is C16H17N3O2. The van der Waals surface area contributed by atoms with E-state index in [1.54, 1.807) is 0 Å². The van der Waals surface area contributed by atoms with Crippen LogP contribution in [0, 0.1) is 0 Å². The maximum atomic E-state index is 10.9. The van der Waals surface area contributed by atoms with E-state index in [0.717, 1.165) is 18.5 Å². The van der Waals surface area contributed by atoms with Gasteiger partial charge in [0.1, 0.15) is 0 Å². The van der Waals surface area contributed by atoms with Crippen LogP contribution in [0.2, 0.25) is 0 Å². The lowest BCUT2D eigenvalue weighted by Gasteiger charge is -2.20. The molecule has 21 heavy (non-hydrogen) atoms. The van der Waals surface area contributed by atoms with Crippen LogP contribution in [0.25, 0.3) is 0 Å². The molecule has 0 saturated heterocycles. The monoisotopic (exact) mass is 283 g/mol. The fourth-order valence-corrected chi connectivity index (χ4v) is 2.73. The Morgan fingerprint density at radius 2 is 2.10 bits per heavy atom. The third-order valence-corrected chi connectivity index (χ3v) is 3.81. The Hall–Kier alpha value is -2.56. The van der Waals surface area contributed by atoms with Gasteiger partial charge in [-0.15, -0.1) is 0 Å². The lowest BCUT2D eigenvalue weighted by atomic mass is 9.90. The Balaban J connectivity index is 1.92. The quantitative estimate of drug-likeness (QED) is 0.806. The highest BCUT2D eigenvalue weighted by molar-refractivity contribution is 5.89. The zero-order chi connectivity index (χ0) is 14.8. The number of carbonyl (C=O) groups is 1. The van der Waals surface area contributed by atoms with Gasteiger partial charge in [0.05, 0.1) is 11.3 Å². The van der Waals surface area contributed by atoms with Gasteiger partial charge in [0.2, 0.25) is 0 Å². The van der Waals surface area contributed by atoms with Crippen molar-refractivity contribution >= 4 is 23.2 Å². The van der Waals surface area contributed by atoms with Gasteiger partial charge in [-0.3, -0.25) is 0 Å². The third kappa shape index (κ3) is 2.67. The van der Waals surface area contributed by atoms with Gasteiger partial charge in [-0.25, -0.2) is 9.78 Å². The summed E-state index contributed by atoms with van der Waals surface area (Å²) in [7, 11) is 0. The molecule has 108 valence electrons. The zero-order valence-electron chi connectivity index (χ0n) is 11.6. The number of rotatable bonds is 3. The number of carboxylic acid groups (broad SMARTS) is 1. The van der Waals surface area contributed by atoms with Crippen molar-refractivity contribution in [3.8, 4) is 0 Å². The topological polar surface area (TPSA) is 88.2 Å². The van der Waals surface area contributed by atoms with Crippen molar-refractivity contribution < 1.29 is 9.90 Å². The molecular weight excluding hydrogens is 266 g/mol. The number of pyridine rings is 1. The summed E-state index contributed by atoms with van der Waals surface area (Å²) < 4.78 is 0.